The molecule has 4 aliphatic carbocycles. The van der Waals surface area contributed by atoms with Gasteiger partial charge in [-0.15, -0.1) is 0 Å². The normalized spacial score (nSPS) is 22.8. The van der Waals surface area contributed by atoms with Gasteiger partial charge >= 0.3 is 5.97 Å². The second-order valence-electron chi connectivity index (χ2n) is 16.1. The molecule has 0 radical (unpaired) electrons. The third-order valence-corrected chi connectivity index (χ3v) is 12.2. The van der Waals surface area contributed by atoms with Gasteiger partial charge < -0.3 is 35.0 Å². The van der Waals surface area contributed by atoms with Crippen LogP contribution in [0, 0.1) is 23.7 Å². The first-order valence-corrected chi connectivity index (χ1v) is 19.5. The highest BCUT2D eigenvalue weighted by molar-refractivity contribution is 5.98. The summed E-state index contributed by atoms with van der Waals surface area (Å²) in [6, 6.07) is 12.8. The molecule has 4 fully saturated rings. The molecule has 1 heterocycles. The Morgan fingerprint density at radius 1 is 0.926 bits per heavy atom. The molecule has 4 saturated carbocycles. The quantitative estimate of drug-likeness (QED) is 0.149. The smallest absolute Gasteiger partial charge is 0.330 e. The minimum absolute atomic E-state index is 0.0125. The monoisotopic (exact) mass is 742 g/mol. The van der Waals surface area contributed by atoms with Gasteiger partial charge in [-0.3, -0.25) is 9.59 Å². The molecule has 4 bridgehead atoms. The molecule has 54 heavy (non-hydrogen) atoms. The van der Waals surface area contributed by atoms with Crippen molar-refractivity contribution < 1.29 is 29.0 Å². The average molecular weight is 743 g/mol. The summed E-state index contributed by atoms with van der Waals surface area (Å²) in [6.45, 7) is 7.63. The Labute approximate surface area is 319 Å². The van der Waals surface area contributed by atoms with E-state index in [0.29, 0.717) is 52.4 Å². The number of hydrogen-bond acceptors (Lipinski definition) is 8. The summed E-state index contributed by atoms with van der Waals surface area (Å²) < 4.78 is 13.3. The second-order valence-corrected chi connectivity index (χ2v) is 16.1. The Bertz CT molecular complexity index is 1790. The van der Waals surface area contributed by atoms with E-state index in [1.165, 1.54) is 6.42 Å². The number of aliphatic carboxylic acids is 1. The van der Waals surface area contributed by atoms with Gasteiger partial charge in [-0.2, -0.15) is 5.10 Å². The SMILES string of the molecule is CNCCCN(C)CCCN(C)C(=O)c1ccc(-n2nc(C(=O)NC3(C(=O)O)C4CC5CC(C4)CC3C5)cc2-c2c(OC)cccc2OC)c(C(C)C)c1. The fraction of sp³-hybridized carbons (Fsp3) is 0.571. The highest BCUT2D eigenvalue weighted by atomic mass is 16.5. The largest absolute Gasteiger partial charge is 0.496 e. The van der Waals surface area contributed by atoms with Crippen molar-refractivity contribution in [2.24, 2.45) is 23.7 Å². The van der Waals surface area contributed by atoms with E-state index < -0.39 is 17.4 Å². The maximum Gasteiger partial charge on any atom is 0.330 e. The lowest BCUT2D eigenvalue weighted by Gasteiger charge is -2.59. The zero-order valence-electron chi connectivity index (χ0n) is 33.0. The van der Waals surface area contributed by atoms with Crippen molar-refractivity contribution in [2.75, 3.05) is 61.5 Å². The van der Waals surface area contributed by atoms with Gasteiger partial charge in [0, 0.05) is 19.2 Å². The highest BCUT2D eigenvalue weighted by Gasteiger charge is 2.62. The molecule has 292 valence electrons. The number of ether oxygens (including phenoxy) is 2. The summed E-state index contributed by atoms with van der Waals surface area (Å²) in [6.07, 6.45) is 6.40. The molecule has 2 amide bonds. The molecular weight excluding hydrogens is 684 g/mol. The van der Waals surface area contributed by atoms with Crippen molar-refractivity contribution >= 4 is 17.8 Å². The van der Waals surface area contributed by atoms with Crippen molar-refractivity contribution in [2.45, 2.75) is 70.3 Å². The van der Waals surface area contributed by atoms with Gasteiger partial charge in [0.1, 0.15) is 17.0 Å². The Morgan fingerprint density at radius 2 is 1.56 bits per heavy atom. The maximum absolute atomic E-state index is 14.3. The number of aromatic nitrogens is 2. The number of benzene rings is 2. The van der Waals surface area contributed by atoms with Crippen molar-refractivity contribution in [1.82, 2.24) is 30.2 Å². The molecule has 0 unspecified atom stereocenters. The molecule has 7 rings (SSSR count). The molecule has 3 N–H and O–H groups in total. The molecule has 1 aromatic heterocycles. The molecule has 0 atom stereocenters. The summed E-state index contributed by atoms with van der Waals surface area (Å²) in [5.41, 5.74) is 2.04. The van der Waals surface area contributed by atoms with Crippen LogP contribution >= 0.6 is 0 Å². The van der Waals surface area contributed by atoms with Crippen LogP contribution in [0.2, 0.25) is 0 Å². The first-order chi connectivity index (χ1) is 25.9. The fourth-order valence-corrected chi connectivity index (χ4v) is 9.62. The van der Waals surface area contributed by atoms with Crippen molar-refractivity contribution in [1.29, 1.82) is 0 Å². The molecule has 2 aromatic carbocycles. The highest BCUT2D eigenvalue weighted by Crippen LogP contribution is 2.58. The van der Waals surface area contributed by atoms with Gasteiger partial charge in [0.15, 0.2) is 5.69 Å². The lowest BCUT2D eigenvalue weighted by atomic mass is 9.48. The van der Waals surface area contributed by atoms with Crippen molar-refractivity contribution in [3.8, 4) is 28.4 Å². The van der Waals surface area contributed by atoms with Crippen LogP contribution in [0.5, 0.6) is 11.5 Å². The number of amides is 2. The molecule has 12 nitrogen and oxygen atoms in total. The summed E-state index contributed by atoms with van der Waals surface area (Å²) in [7, 11) is 9.06. The van der Waals surface area contributed by atoms with Crippen LogP contribution in [0.4, 0.5) is 0 Å². The van der Waals surface area contributed by atoms with Crippen molar-refractivity contribution in [3.05, 3.63) is 59.3 Å². The van der Waals surface area contributed by atoms with E-state index in [9.17, 15) is 19.5 Å². The van der Waals surface area contributed by atoms with Gasteiger partial charge in [-0.25, -0.2) is 9.48 Å². The maximum atomic E-state index is 14.3. The second kappa shape index (κ2) is 16.5. The number of nitrogens with one attached hydrogen (secondary N) is 2. The summed E-state index contributed by atoms with van der Waals surface area (Å²) in [4.78, 5) is 45.3. The zero-order chi connectivity index (χ0) is 38.7. The molecular formula is C42H58N6O6. The summed E-state index contributed by atoms with van der Waals surface area (Å²) >= 11 is 0. The van der Waals surface area contributed by atoms with Crippen LogP contribution < -0.4 is 20.1 Å². The lowest BCUT2D eigenvalue weighted by molar-refractivity contribution is -0.163. The third-order valence-electron chi connectivity index (χ3n) is 12.2. The van der Waals surface area contributed by atoms with E-state index in [-0.39, 0.29) is 29.4 Å². The zero-order valence-corrected chi connectivity index (χ0v) is 33.0. The van der Waals surface area contributed by atoms with Crippen LogP contribution in [0.25, 0.3) is 16.9 Å². The van der Waals surface area contributed by atoms with Gasteiger partial charge in [0.2, 0.25) is 0 Å². The lowest BCUT2D eigenvalue weighted by Crippen LogP contribution is -2.70. The molecule has 0 aliphatic heterocycles. The number of carbonyl (C=O) groups excluding carboxylic acids is 2. The number of carboxylic acid groups (broad SMARTS) is 1. The van der Waals surface area contributed by atoms with Crippen LogP contribution in [0.15, 0.2) is 42.5 Å². The number of carbonyl (C=O) groups is 3. The first kappa shape index (κ1) is 39.3. The van der Waals surface area contributed by atoms with E-state index in [1.54, 1.807) is 29.9 Å². The molecule has 4 aliphatic rings. The van der Waals surface area contributed by atoms with E-state index in [2.05, 4.69) is 36.4 Å². The molecule has 3 aromatic rings. The van der Waals surface area contributed by atoms with Gasteiger partial charge in [0.25, 0.3) is 11.8 Å². The topological polar surface area (TPSA) is 138 Å². The number of methoxy groups -OCH3 is 2. The van der Waals surface area contributed by atoms with Crippen molar-refractivity contribution in [3.63, 3.8) is 0 Å². The standard InChI is InChI=1S/C42H58N6O6/c1-26(2)32-24-29(40(50)47(5)18-10-17-46(4)16-9-15-43-3)13-14-34(32)48-35(38-36(53-6)11-8-12-37(38)54-7)25-33(45-48)39(49)44-42(41(51)52)30-20-27-19-28(22-30)23-31(42)21-27/h8,11-14,24-28,30-31,43H,9-10,15-23H2,1-7H3,(H,44,49)(H,51,52). The van der Waals surface area contributed by atoms with E-state index >= 15 is 0 Å². The van der Waals surface area contributed by atoms with E-state index in [1.807, 2.05) is 50.5 Å². The predicted molar refractivity (Wildman–Crippen MR) is 209 cm³/mol. The third kappa shape index (κ3) is 7.60. The fourth-order valence-electron chi connectivity index (χ4n) is 9.62. The van der Waals surface area contributed by atoms with Gasteiger partial charge in [0.05, 0.1) is 31.2 Å². The first-order valence-electron chi connectivity index (χ1n) is 19.5. The number of nitrogens with zero attached hydrogens (tertiary/aromatic N) is 4. The minimum Gasteiger partial charge on any atom is -0.496 e. The summed E-state index contributed by atoms with van der Waals surface area (Å²) in [5.74, 6) is 0.345. The van der Waals surface area contributed by atoms with Crippen LogP contribution in [0.1, 0.15) is 91.1 Å². The Hall–Kier alpha value is -4.42. The van der Waals surface area contributed by atoms with E-state index in [0.717, 1.165) is 63.7 Å². The predicted octanol–water partition coefficient (Wildman–Crippen LogP) is 5.69. The molecule has 0 saturated heterocycles. The van der Waals surface area contributed by atoms with Gasteiger partial charge in [-0.05, 0) is 150 Å². The number of hydrogen-bond donors (Lipinski definition) is 3. The number of rotatable bonds is 17. The van der Waals surface area contributed by atoms with Crippen LogP contribution in [0.3, 0.4) is 0 Å². The van der Waals surface area contributed by atoms with Gasteiger partial charge in [-0.1, -0.05) is 19.9 Å². The number of carboxylic acids is 1. The summed E-state index contributed by atoms with van der Waals surface area (Å²) in [5, 5.41) is 21.9. The molecule has 12 heteroatoms. The minimum atomic E-state index is -1.32. The Morgan fingerprint density at radius 3 is 2.13 bits per heavy atom. The Balaban J connectivity index is 1.35. The van der Waals surface area contributed by atoms with Crippen LogP contribution in [-0.2, 0) is 4.79 Å². The van der Waals surface area contributed by atoms with Crippen LogP contribution in [-0.4, -0.2) is 110 Å². The Kier molecular flexibility index (Phi) is 12.0. The average Bonchev–Trinajstić information content (AvgIpc) is 3.60. The molecule has 0 spiro atoms. The van der Waals surface area contributed by atoms with E-state index in [4.69, 9.17) is 14.6 Å².